The Morgan fingerprint density at radius 2 is 2.36 bits per heavy atom. The van der Waals surface area contributed by atoms with Gasteiger partial charge in [0.2, 0.25) is 0 Å². The molecular weight excluding hydrogens is 325 g/mol. The van der Waals surface area contributed by atoms with Gasteiger partial charge in [-0.3, -0.25) is 9.69 Å². The third-order valence-electron chi connectivity index (χ3n) is 4.31. The molecule has 1 saturated heterocycles. The maximum Gasteiger partial charge on any atom is 0.250 e. The first kappa shape index (κ1) is 17.6. The molecule has 2 aromatic rings. The number of ether oxygens (including phenoxy) is 2. The normalized spacial score (nSPS) is 18.7. The minimum Gasteiger partial charge on any atom is -0.494 e. The molecule has 0 spiro atoms. The number of halogens is 1. The standard InChI is InChI=1S/C18H22FN3O3/c1-24-16-4-2-3-14(18(16)19)10-22-5-6-25-11-13(9-22)7-15-8-17(23)21-12-20-15/h2-4,8,12-13H,5-7,9-11H2,1H3,(H,20,21,23)/t13-/m1/s1. The van der Waals surface area contributed by atoms with E-state index in [2.05, 4.69) is 14.9 Å². The number of aromatic amines is 1. The van der Waals surface area contributed by atoms with Gasteiger partial charge in [-0.05, 0) is 12.5 Å². The van der Waals surface area contributed by atoms with Crippen molar-refractivity contribution in [3.63, 3.8) is 0 Å². The van der Waals surface area contributed by atoms with Gasteiger partial charge in [0, 0.05) is 42.9 Å². The lowest BCUT2D eigenvalue weighted by atomic mass is 10.0. The lowest BCUT2D eigenvalue weighted by molar-refractivity contribution is 0.121. The van der Waals surface area contributed by atoms with E-state index >= 15 is 0 Å². The molecule has 0 unspecified atom stereocenters. The first-order valence-electron chi connectivity index (χ1n) is 8.31. The maximum atomic E-state index is 14.4. The molecule has 6 nitrogen and oxygen atoms in total. The van der Waals surface area contributed by atoms with Gasteiger partial charge in [0.15, 0.2) is 11.6 Å². The van der Waals surface area contributed by atoms with Gasteiger partial charge in [-0.1, -0.05) is 12.1 Å². The van der Waals surface area contributed by atoms with Crippen LogP contribution in [0.5, 0.6) is 5.75 Å². The average Bonchev–Trinajstić information content (AvgIpc) is 2.82. The van der Waals surface area contributed by atoms with E-state index in [1.165, 1.54) is 19.5 Å². The molecule has 1 aliphatic heterocycles. The number of rotatable bonds is 5. The number of nitrogens with one attached hydrogen (secondary N) is 1. The summed E-state index contributed by atoms with van der Waals surface area (Å²) in [7, 11) is 1.46. The van der Waals surface area contributed by atoms with Crippen LogP contribution in [0.1, 0.15) is 11.3 Å². The fourth-order valence-electron chi connectivity index (χ4n) is 3.11. The van der Waals surface area contributed by atoms with Crippen LogP contribution in [0.2, 0.25) is 0 Å². The topological polar surface area (TPSA) is 67.5 Å². The summed E-state index contributed by atoms with van der Waals surface area (Å²) in [5.74, 6) is 0.140. The minimum absolute atomic E-state index is 0.158. The van der Waals surface area contributed by atoms with E-state index in [0.29, 0.717) is 31.7 Å². The molecule has 1 aliphatic rings. The van der Waals surface area contributed by atoms with E-state index in [-0.39, 0.29) is 23.0 Å². The average molecular weight is 347 g/mol. The molecule has 0 aliphatic carbocycles. The molecule has 1 fully saturated rings. The van der Waals surface area contributed by atoms with Crippen molar-refractivity contribution in [2.24, 2.45) is 5.92 Å². The largest absolute Gasteiger partial charge is 0.494 e. The van der Waals surface area contributed by atoms with Gasteiger partial charge < -0.3 is 14.5 Å². The maximum absolute atomic E-state index is 14.4. The number of aromatic nitrogens is 2. The minimum atomic E-state index is -0.317. The first-order valence-corrected chi connectivity index (χ1v) is 8.31. The summed E-state index contributed by atoms with van der Waals surface area (Å²) in [6.07, 6.45) is 2.07. The molecule has 0 bridgehead atoms. The smallest absolute Gasteiger partial charge is 0.250 e. The van der Waals surface area contributed by atoms with Gasteiger partial charge in [-0.25, -0.2) is 9.37 Å². The highest BCUT2D eigenvalue weighted by Crippen LogP contribution is 2.22. The second-order valence-electron chi connectivity index (χ2n) is 6.22. The number of nitrogens with zero attached hydrogens (tertiary/aromatic N) is 2. The van der Waals surface area contributed by atoms with Crippen LogP contribution in [0.25, 0.3) is 0 Å². The Kier molecular flexibility index (Phi) is 5.78. The van der Waals surface area contributed by atoms with Crippen molar-refractivity contribution in [3.05, 3.63) is 58.0 Å². The number of H-pyrrole nitrogens is 1. The molecule has 0 saturated carbocycles. The van der Waals surface area contributed by atoms with E-state index in [4.69, 9.17) is 9.47 Å². The highest BCUT2D eigenvalue weighted by atomic mass is 19.1. The molecule has 3 rings (SSSR count). The van der Waals surface area contributed by atoms with E-state index < -0.39 is 0 Å². The summed E-state index contributed by atoms with van der Waals surface area (Å²) in [5, 5.41) is 0. The number of hydrogen-bond acceptors (Lipinski definition) is 5. The Balaban J connectivity index is 1.69. The Morgan fingerprint density at radius 1 is 1.48 bits per heavy atom. The molecule has 1 N–H and O–H groups in total. The SMILES string of the molecule is COc1cccc(CN2CCOC[C@H](Cc3cc(=O)[nH]cn3)C2)c1F. The predicted molar refractivity (Wildman–Crippen MR) is 91.1 cm³/mol. The number of benzene rings is 1. The zero-order chi connectivity index (χ0) is 17.6. The van der Waals surface area contributed by atoms with Crippen molar-refractivity contribution in [3.8, 4) is 5.75 Å². The molecule has 1 aromatic carbocycles. The summed E-state index contributed by atoms with van der Waals surface area (Å²) in [6.45, 7) is 3.18. The third kappa shape index (κ3) is 4.64. The van der Waals surface area contributed by atoms with Crippen molar-refractivity contribution >= 4 is 0 Å². The quantitative estimate of drug-likeness (QED) is 0.890. The van der Waals surface area contributed by atoms with Crippen molar-refractivity contribution in [1.29, 1.82) is 0 Å². The molecular formula is C18H22FN3O3. The predicted octanol–water partition coefficient (Wildman–Crippen LogP) is 1.61. The highest BCUT2D eigenvalue weighted by molar-refractivity contribution is 5.31. The molecule has 0 radical (unpaired) electrons. The molecule has 1 aromatic heterocycles. The fraction of sp³-hybridized carbons (Fsp3) is 0.444. The number of methoxy groups -OCH3 is 1. The van der Waals surface area contributed by atoms with Crippen molar-refractivity contribution in [2.75, 3.05) is 33.4 Å². The van der Waals surface area contributed by atoms with Crippen LogP contribution >= 0.6 is 0 Å². The van der Waals surface area contributed by atoms with Crippen molar-refractivity contribution < 1.29 is 13.9 Å². The fourth-order valence-corrected chi connectivity index (χ4v) is 3.11. The van der Waals surface area contributed by atoms with E-state index in [1.54, 1.807) is 18.2 Å². The Labute approximate surface area is 145 Å². The molecule has 1 atom stereocenters. The lowest BCUT2D eigenvalue weighted by Crippen LogP contribution is -2.31. The zero-order valence-corrected chi connectivity index (χ0v) is 14.2. The second-order valence-corrected chi connectivity index (χ2v) is 6.22. The summed E-state index contributed by atoms with van der Waals surface area (Å²) in [6, 6.07) is 6.70. The summed E-state index contributed by atoms with van der Waals surface area (Å²) in [5.41, 5.74) is 1.19. The molecule has 0 amide bonds. The van der Waals surface area contributed by atoms with Gasteiger partial charge >= 0.3 is 0 Å². The summed E-state index contributed by atoms with van der Waals surface area (Å²) in [4.78, 5) is 20.3. The van der Waals surface area contributed by atoms with Gasteiger partial charge in [-0.2, -0.15) is 0 Å². The number of hydrogen-bond donors (Lipinski definition) is 1. The Hall–Kier alpha value is -2.25. The van der Waals surface area contributed by atoms with Crippen molar-refractivity contribution in [1.82, 2.24) is 14.9 Å². The summed E-state index contributed by atoms with van der Waals surface area (Å²) < 4.78 is 25.1. The molecule has 7 heteroatoms. The molecule has 2 heterocycles. The van der Waals surface area contributed by atoms with Crippen LogP contribution in [0.3, 0.4) is 0 Å². The van der Waals surface area contributed by atoms with Gasteiger partial charge in [0.05, 0.1) is 26.7 Å². The van der Waals surface area contributed by atoms with Crippen LogP contribution < -0.4 is 10.3 Å². The third-order valence-corrected chi connectivity index (χ3v) is 4.31. The first-order chi connectivity index (χ1) is 12.2. The zero-order valence-electron chi connectivity index (χ0n) is 14.2. The van der Waals surface area contributed by atoms with E-state index in [1.807, 2.05) is 0 Å². The van der Waals surface area contributed by atoms with Gasteiger partial charge in [0.25, 0.3) is 5.56 Å². The highest BCUT2D eigenvalue weighted by Gasteiger charge is 2.21. The summed E-state index contributed by atoms with van der Waals surface area (Å²) >= 11 is 0. The van der Waals surface area contributed by atoms with Gasteiger partial charge in [0.1, 0.15) is 0 Å². The van der Waals surface area contributed by atoms with Crippen LogP contribution in [0.15, 0.2) is 35.4 Å². The van der Waals surface area contributed by atoms with Crippen LogP contribution in [0, 0.1) is 11.7 Å². The van der Waals surface area contributed by atoms with E-state index in [9.17, 15) is 9.18 Å². The monoisotopic (exact) mass is 347 g/mol. The molecule has 25 heavy (non-hydrogen) atoms. The van der Waals surface area contributed by atoms with E-state index in [0.717, 1.165) is 18.8 Å². The van der Waals surface area contributed by atoms with Crippen LogP contribution in [-0.4, -0.2) is 48.3 Å². The Morgan fingerprint density at radius 3 is 3.16 bits per heavy atom. The lowest BCUT2D eigenvalue weighted by Gasteiger charge is -2.23. The van der Waals surface area contributed by atoms with Gasteiger partial charge in [-0.15, -0.1) is 0 Å². The van der Waals surface area contributed by atoms with Crippen molar-refractivity contribution in [2.45, 2.75) is 13.0 Å². The van der Waals surface area contributed by atoms with Crippen LogP contribution in [0.4, 0.5) is 4.39 Å². The Bertz CT molecular complexity index is 765. The second kappa shape index (κ2) is 8.22. The molecule has 134 valence electrons. The van der Waals surface area contributed by atoms with Crippen LogP contribution in [-0.2, 0) is 17.7 Å².